The largest absolute Gasteiger partial charge is 0.377 e. The Balaban J connectivity index is 1.68. The monoisotopic (exact) mass is 341 g/mol. The average Bonchev–Trinajstić information content (AvgIpc) is 2.67. The van der Waals surface area contributed by atoms with Crippen LogP contribution in [-0.2, 0) is 11.3 Å². The smallest absolute Gasteiger partial charge is 0.256 e. The number of carbonyl (C=O) groups is 1. The Morgan fingerprint density at radius 3 is 2.64 bits per heavy atom. The zero-order chi connectivity index (χ0) is 17.6. The van der Waals surface area contributed by atoms with E-state index in [1.807, 2.05) is 24.9 Å². The second-order valence-corrected chi connectivity index (χ2v) is 6.16. The molecule has 0 atom stereocenters. The minimum absolute atomic E-state index is 0.00698. The lowest BCUT2D eigenvalue weighted by Gasteiger charge is -2.32. The van der Waals surface area contributed by atoms with Crippen LogP contribution in [0.4, 0.5) is 0 Å². The SMILES string of the molecule is CCOCc1cnc(C)nc1C1CCN(C(=O)c2cncnc2)CC1. The fraction of sp³-hybridized carbons (Fsp3) is 0.500. The Morgan fingerprint density at radius 1 is 1.24 bits per heavy atom. The molecule has 0 aromatic carbocycles. The van der Waals surface area contributed by atoms with Crippen molar-refractivity contribution < 1.29 is 9.53 Å². The highest BCUT2D eigenvalue weighted by molar-refractivity contribution is 5.93. The van der Waals surface area contributed by atoms with Crippen LogP contribution in [-0.4, -0.2) is 50.4 Å². The van der Waals surface area contributed by atoms with Crippen LogP contribution < -0.4 is 0 Å². The zero-order valence-corrected chi connectivity index (χ0v) is 14.7. The van der Waals surface area contributed by atoms with Crippen molar-refractivity contribution in [2.75, 3.05) is 19.7 Å². The Morgan fingerprint density at radius 2 is 1.96 bits per heavy atom. The summed E-state index contributed by atoms with van der Waals surface area (Å²) in [5, 5.41) is 0. The molecule has 1 saturated heterocycles. The van der Waals surface area contributed by atoms with E-state index in [-0.39, 0.29) is 5.91 Å². The molecule has 0 aliphatic carbocycles. The van der Waals surface area contributed by atoms with Gasteiger partial charge in [-0.05, 0) is 26.7 Å². The van der Waals surface area contributed by atoms with E-state index >= 15 is 0 Å². The highest BCUT2D eigenvalue weighted by Crippen LogP contribution is 2.29. The molecule has 7 nitrogen and oxygen atoms in total. The number of aromatic nitrogens is 4. The fourth-order valence-electron chi connectivity index (χ4n) is 3.14. The van der Waals surface area contributed by atoms with Crippen molar-refractivity contribution in [1.82, 2.24) is 24.8 Å². The first-order chi connectivity index (χ1) is 12.2. The molecule has 0 saturated carbocycles. The van der Waals surface area contributed by atoms with Gasteiger partial charge < -0.3 is 9.64 Å². The molecule has 7 heteroatoms. The van der Waals surface area contributed by atoms with E-state index in [0.29, 0.717) is 37.8 Å². The van der Waals surface area contributed by atoms with Crippen LogP contribution in [0.2, 0.25) is 0 Å². The summed E-state index contributed by atoms with van der Waals surface area (Å²) in [4.78, 5) is 31.2. The van der Waals surface area contributed by atoms with Gasteiger partial charge in [0.15, 0.2) is 0 Å². The average molecular weight is 341 g/mol. The quantitative estimate of drug-likeness (QED) is 0.829. The van der Waals surface area contributed by atoms with E-state index in [1.165, 1.54) is 6.33 Å². The second-order valence-electron chi connectivity index (χ2n) is 6.16. The number of rotatable bonds is 5. The van der Waals surface area contributed by atoms with Crippen molar-refractivity contribution in [3.8, 4) is 0 Å². The molecule has 1 amide bonds. The molecule has 2 aromatic rings. The van der Waals surface area contributed by atoms with Gasteiger partial charge in [-0.3, -0.25) is 4.79 Å². The standard InChI is InChI=1S/C18H23N5O2/c1-3-25-11-16-10-21-13(2)22-17(16)14-4-6-23(7-5-14)18(24)15-8-19-12-20-9-15/h8-10,12,14H,3-7,11H2,1-2H3. The molecule has 3 rings (SSSR count). The highest BCUT2D eigenvalue weighted by Gasteiger charge is 2.27. The molecule has 1 aliphatic rings. The number of aryl methyl sites for hydroxylation is 1. The Labute approximate surface area is 147 Å². The summed E-state index contributed by atoms with van der Waals surface area (Å²) in [6.07, 6.45) is 8.20. The fourth-order valence-corrected chi connectivity index (χ4v) is 3.14. The van der Waals surface area contributed by atoms with Crippen LogP contribution in [0.25, 0.3) is 0 Å². The van der Waals surface area contributed by atoms with Crippen LogP contribution >= 0.6 is 0 Å². The predicted molar refractivity (Wildman–Crippen MR) is 92.0 cm³/mol. The van der Waals surface area contributed by atoms with E-state index < -0.39 is 0 Å². The highest BCUT2D eigenvalue weighted by atomic mass is 16.5. The molecule has 1 aliphatic heterocycles. The maximum absolute atomic E-state index is 12.5. The van der Waals surface area contributed by atoms with Crippen molar-refractivity contribution >= 4 is 5.91 Å². The van der Waals surface area contributed by atoms with E-state index in [4.69, 9.17) is 4.74 Å². The molecule has 132 valence electrons. The van der Waals surface area contributed by atoms with Crippen LogP contribution in [0, 0.1) is 6.92 Å². The number of ether oxygens (including phenoxy) is 1. The maximum Gasteiger partial charge on any atom is 0.256 e. The number of hydrogen-bond acceptors (Lipinski definition) is 6. The van der Waals surface area contributed by atoms with E-state index in [1.54, 1.807) is 12.4 Å². The van der Waals surface area contributed by atoms with Crippen LogP contribution in [0.5, 0.6) is 0 Å². The van der Waals surface area contributed by atoms with Gasteiger partial charge in [0.2, 0.25) is 0 Å². The molecule has 3 heterocycles. The molecule has 0 bridgehead atoms. The van der Waals surface area contributed by atoms with Crippen LogP contribution in [0.1, 0.15) is 53.1 Å². The molecule has 25 heavy (non-hydrogen) atoms. The molecule has 0 unspecified atom stereocenters. The van der Waals surface area contributed by atoms with Crippen molar-refractivity contribution in [1.29, 1.82) is 0 Å². The number of hydrogen-bond donors (Lipinski definition) is 0. The topological polar surface area (TPSA) is 81.1 Å². The number of amides is 1. The van der Waals surface area contributed by atoms with Gasteiger partial charge in [0.05, 0.1) is 17.9 Å². The normalized spacial score (nSPS) is 15.4. The first kappa shape index (κ1) is 17.4. The van der Waals surface area contributed by atoms with Gasteiger partial charge in [0.25, 0.3) is 5.91 Å². The Hall–Kier alpha value is -2.41. The molecular weight excluding hydrogens is 318 g/mol. The summed E-state index contributed by atoms with van der Waals surface area (Å²) in [5.74, 6) is 1.09. The third-order valence-corrected chi connectivity index (χ3v) is 4.46. The van der Waals surface area contributed by atoms with Gasteiger partial charge in [-0.15, -0.1) is 0 Å². The third kappa shape index (κ3) is 4.17. The lowest BCUT2D eigenvalue weighted by molar-refractivity contribution is 0.0709. The molecule has 0 N–H and O–H groups in total. The number of piperidine rings is 1. The third-order valence-electron chi connectivity index (χ3n) is 4.46. The predicted octanol–water partition coefficient (Wildman–Crippen LogP) is 2.13. The zero-order valence-electron chi connectivity index (χ0n) is 14.7. The van der Waals surface area contributed by atoms with Gasteiger partial charge >= 0.3 is 0 Å². The maximum atomic E-state index is 12.5. The summed E-state index contributed by atoms with van der Waals surface area (Å²) >= 11 is 0. The van der Waals surface area contributed by atoms with Crippen LogP contribution in [0.3, 0.4) is 0 Å². The summed E-state index contributed by atoms with van der Waals surface area (Å²) < 4.78 is 5.55. The molecule has 2 aromatic heterocycles. The summed E-state index contributed by atoms with van der Waals surface area (Å²) in [6, 6.07) is 0. The van der Waals surface area contributed by atoms with Crippen LogP contribution in [0.15, 0.2) is 24.9 Å². The summed E-state index contributed by atoms with van der Waals surface area (Å²) in [7, 11) is 0. The summed E-state index contributed by atoms with van der Waals surface area (Å²) in [6.45, 7) is 6.49. The first-order valence-electron chi connectivity index (χ1n) is 8.63. The van der Waals surface area contributed by atoms with Gasteiger partial charge in [-0.1, -0.05) is 0 Å². The van der Waals surface area contributed by atoms with Crippen molar-refractivity contribution in [3.05, 3.63) is 47.6 Å². The van der Waals surface area contributed by atoms with Crippen molar-refractivity contribution in [2.24, 2.45) is 0 Å². The van der Waals surface area contributed by atoms with Gasteiger partial charge in [0, 0.05) is 49.8 Å². The number of carbonyl (C=O) groups excluding carboxylic acids is 1. The van der Waals surface area contributed by atoms with Crippen molar-refractivity contribution in [2.45, 2.75) is 39.2 Å². The minimum Gasteiger partial charge on any atom is -0.377 e. The van der Waals surface area contributed by atoms with E-state index in [0.717, 1.165) is 29.9 Å². The van der Waals surface area contributed by atoms with E-state index in [2.05, 4.69) is 19.9 Å². The molecule has 1 fully saturated rings. The lowest BCUT2D eigenvalue weighted by Crippen LogP contribution is -2.38. The number of likely N-dealkylation sites (tertiary alicyclic amines) is 1. The second kappa shape index (κ2) is 8.11. The Kier molecular flexibility index (Phi) is 5.65. The summed E-state index contributed by atoms with van der Waals surface area (Å²) in [5.41, 5.74) is 2.65. The minimum atomic E-state index is -0.00698. The molecule has 0 radical (unpaired) electrons. The molecule has 0 spiro atoms. The van der Waals surface area contributed by atoms with Gasteiger partial charge in [-0.25, -0.2) is 19.9 Å². The van der Waals surface area contributed by atoms with Gasteiger partial charge in [-0.2, -0.15) is 0 Å². The lowest BCUT2D eigenvalue weighted by atomic mass is 9.90. The van der Waals surface area contributed by atoms with Crippen molar-refractivity contribution in [3.63, 3.8) is 0 Å². The first-order valence-corrected chi connectivity index (χ1v) is 8.63. The number of nitrogens with zero attached hydrogens (tertiary/aromatic N) is 5. The van der Waals surface area contributed by atoms with E-state index in [9.17, 15) is 4.79 Å². The Bertz CT molecular complexity index is 715. The molecular formula is C18H23N5O2. The van der Waals surface area contributed by atoms with Gasteiger partial charge in [0.1, 0.15) is 12.2 Å².